The number of thiophene rings is 1. The molecular weight excluding hydrogens is 296 g/mol. The van der Waals surface area contributed by atoms with E-state index in [0.29, 0.717) is 5.95 Å². The zero-order valence-electron chi connectivity index (χ0n) is 11.0. The second kappa shape index (κ2) is 5.26. The number of nitrogens with zero attached hydrogens (tertiary/aromatic N) is 4. The summed E-state index contributed by atoms with van der Waals surface area (Å²) < 4.78 is 0.792. The van der Waals surface area contributed by atoms with E-state index < -0.39 is 0 Å². The molecule has 0 saturated carbocycles. The molecule has 20 heavy (non-hydrogen) atoms. The van der Waals surface area contributed by atoms with E-state index in [1.165, 1.54) is 4.88 Å². The molecule has 0 radical (unpaired) electrons. The molecule has 0 aliphatic heterocycles. The van der Waals surface area contributed by atoms with Crippen LogP contribution < -0.4 is 10.2 Å². The van der Waals surface area contributed by atoms with Gasteiger partial charge in [-0.3, -0.25) is 5.10 Å². The van der Waals surface area contributed by atoms with Crippen molar-refractivity contribution in [2.24, 2.45) is 0 Å². The van der Waals surface area contributed by atoms with E-state index >= 15 is 0 Å². The van der Waals surface area contributed by atoms with Crippen LogP contribution in [0, 0.1) is 0 Å². The van der Waals surface area contributed by atoms with Gasteiger partial charge in [0.25, 0.3) is 0 Å². The topological polar surface area (TPSA) is 69.7 Å². The molecule has 0 saturated heterocycles. The quantitative estimate of drug-likeness (QED) is 0.775. The Labute approximate surface area is 124 Å². The molecule has 3 aromatic heterocycles. The van der Waals surface area contributed by atoms with Crippen molar-refractivity contribution < 1.29 is 0 Å². The molecule has 104 valence electrons. The lowest BCUT2D eigenvalue weighted by Gasteiger charge is -2.18. The van der Waals surface area contributed by atoms with E-state index in [1.807, 2.05) is 19.2 Å². The summed E-state index contributed by atoms with van der Waals surface area (Å²) in [5.41, 5.74) is 0.718. The van der Waals surface area contributed by atoms with Crippen molar-refractivity contribution in [2.75, 3.05) is 24.3 Å². The van der Waals surface area contributed by atoms with Crippen LogP contribution in [0.2, 0.25) is 4.34 Å². The largest absolute Gasteiger partial charge is 0.357 e. The Balaban J connectivity index is 1.97. The molecule has 0 aliphatic rings. The molecule has 0 atom stereocenters. The van der Waals surface area contributed by atoms with Crippen LogP contribution >= 0.6 is 22.9 Å². The minimum Gasteiger partial charge on any atom is -0.357 e. The summed E-state index contributed by atoms with van der Waals surface area (Å²) in [6.45, 7) is 0.734. The number of fused-ring (bicyclic) bond motifs is 1. The lowest BCUT2D eigenvalue weighted by atomic mass is 10.3. The first kappa shape index (κ1) is 13.1. The molecule has 0 fully saturated rings. The van der Waals surface area contributed by atoms with E-state index in [-0.39, 0.29) is 0 Å². The van der Waals surface area contributed by atoms with Gasteiger partial charge >= 0.3 is 0 Å². The van der Waals surface area contributed by atoms with Gasteiger partial charge < -0.3 is 10.2 Å². The molecule has 8 heteroatoms. The summed E-state index contributed by atoms with van der Waals surface area (Å²) in [6.07, 6.45) is 1.74. The molecule has 6 nitrogen and oxygen atoms in total. The van der Waals surface area contributed by atoms with E-state index in [4.69, 9.17) is 11.6 Å². The number of nitrogens with one attached hydrogen (secondary N) is 2. The van der Waals surface area contributed by atoms with Crippen molar-refractivity contribution in [3.8, 4) is 0 Å². The Kier molecular flexibility index (Phi) is 3.45. The normalized spacial score (nSPS) is 10.9. The van der Waals surface area contributed by atoms with Gasteiger partial charge in [0, 0.05) is 19.0 Å². The van der Waals surface area contributed by atoms with E-state index in [1.54, 1.807) is 24.6 Å². The van der Waals surface area contributed by atoms with Gasteiger partial charge in [0.2, 0.25) is 5.95 Å². The van der Waals surface area contributed by atoms with Crippen molar-refractivity contribution in [1.82, 2.24) is 20.2 Å². The molecular formula is C12H13ClN6S. The molecule has 2 N–H and O–H groups in total. The van der Waals surface area contributed by atoms with Crippen LogP contribution in [0.1, 0.15) is 4.88 Å². The molecule has 3 rings (SSSR count). The maximum Gasteiger partial charge on any atom is 0.226 e. The minimum atomic E-state index is 0.563. The van der Waals surface area contributed by atoms with Crippen molar-refractivity contribution >= 4 is 45.7 Å². The van der Waals surface area contributed by atoms with Crippen LogP contribution in [-0.4, -0.2) is 34.3 Å². The highest BCUT2D eigenvalue weighted by Crippen LogP contribution is 2.27. The van der Waals surface area contributed by atoms with E-state index in [0.717, 1.165) is 27.7 Å². The van der Waals surface area contributed by atoms with Crippen LogP contribution in [0.15, 0.2) is 18.3 Å². The van der Waals surface area contributed by atoms with Crippen LogP contribution in [0.25, 0.3) is 11.0 Å². The number of hydrogen-bond acceptors (Lipinski definition) is 6. The third-order valence-corrected chi connectivity index (χ3v) is 4.11. The predicted molar refractivity (Wildman–Crippen MR) is 82.7 cm³/mol. The monoisotopic (exact) mass is 308 g/mol. The SMILES string of the molecule is CNc1nc(N(C)Cc2ccc(Cl)s2)c2cn[nH]c2n1. The highest BCUT2D eigenvalue weighted by Gasteiger charge is 2.13. The molecule has 0 aliphatic carbocycles. The fraction of sp³-hybridized carbons (Fsp3) is 0.250. The lowest BCUT2D eigenvalue weighted by Crippen LogP contribution is -2.18. The van der Waals surface area contributed by atoms with Crippen LogP contribution in [-0.2, 0) is 6.54 Å². The summed E-state index contributed by atoms with van der Waals surface area (Å²) in [5, 5.41) is 10.8. The number of aromatic nitrogens is 4. The van der Waals surface area contributed by atoms with Gasteiger partial charge in [-0.15, -0.1) is 11.3 Å². The fourth-order valence-corrected chi connectivity index (χ4v) is 3.11. The first-order valence-electron chi connectivity index (χ1n) is 6.01. The van der Waals surface area contributed by atoms with Gasteiger partial charge in [-0.05, 0) is 12.1 Å². The maximum absolute atomic E-state index is 5.96. The Bertz CT molecular complexity index is 736. The van der Waals surface area contributed by atoms with E-state index in [2.05, 4.69) is 30.4 Å². The summed E-state index contributed by atoms with van der Waals surface area (Å²) in [5.74, 6) is 1.39. The fourth-order valence-electron chi connectivity index (χ4n) is 1.97. The second-order valence-electron chi connectivity index (χ2n) is 4.31. The minimum absolute atomic E-state index is 0.563. The number of rotatable bonds is 4. The highest BCUT2D eigenvalue weighted by atomic mass is 35.5. The van der Waals surface area contributed by atoms with Crippen LogP contribution in [0.4, 0.5) is 11.8 Å². The van der Waals surface area contributed by atoms with Crippen molar-refractivity contribution in [3.05, 3.63) is 27.5 Å². The zero-order chi connectivity index (χ0) is 14.1. The molecule has 0 bridgehead atoms. The van der Waals surface area contributed by atoms with Crippen molar-refractivity contribution in [3.63, 3.8) is 0 Å². The standard InChI is InChI=1S/C12H13ClN6S/c1-14-12-16-10-8(5-15-18-10)11(17-12)19(2)6-7-3-4-9(13)20-7/h3-5H,6H2,1-2H3,(H2,14,15,16,17,18). The summed E-state index contributed by atoms with van der Waals surface area (Å²) in [4.78, 5) is 12.1. The summed E-state index contributed by atoms with van der Waals surface area (Å²) in [6, 6.07) is 3.93. The molecule has 0 amide bonds. The molecule has 0 spiro atoms. The molecule has 0 aromatic carbocycles. The first-order valence-corrected chi connectivity index (χ1v) is 7.21. The number of aromatic amines is 1. The Morgan fingerprint density at radius 3 is 2.95 bits per heavy atom. The zero-order valence-corrected chi connectivity index (χ0v) is 12.6. The Morgan fingerprint density at radius 1 is 1.40 bits per heavy atom. The summed E-state index contributed by atoms with van der Waals surface area (Å²) >= 11 is 7.53. The first-order chi connectivity index (χ1) is 9.67. The van der Waals surface area contributed by atoms with Crippen LogP contribution in [0.5, 0.6) is 0 Å². The van der Waals surface area contributed by atoms with E-state index in [9.17, 15) is 0 Å². The van der Waals surface area contributed by atoms with Gasteiger partial charge in [0.05, 0.1) is 22.5 Å². The van der Waals surface area contributed by atoms with Gasteiger partial charge in [-0.25, -0.2) is 0 Å². The lowest BCUT2D eigenvalue weighted by molar-refractivity contribution is 0.915. The smallest absolute Gasteiger partial charge is 0.226 e. The average molecular weight is 309 g/mol. The van der Waals surface area contributed by atoms with Crippen molar-refractivity contribution in [2.45, 2.75) is 6.54 Å². The highest BCUT2D eigenvalue weighted by molar-refractivity contribution is 7.16. The maximum atomic E-state index is 5.96. The summed E-state index contributed by atoms with van der Waals surface area (Å²) in [7, 11) is 3.78. The number of hydrogen-bond donors (Lipinski definition) is 2. The van der Waals surface area contributed by atoms with Crippen LogP contribution in [0.3, 0.4) is 0 Å². The number of halogens is 1. The molecule has 3 aromatic rings. The van der Waals surface area contributed by atoms with Gasteiger partial charge in [-0.1, -0.05) is 11.6 Å². The average Bonchev–Trinajstić information content (AvgIpc) is 3.06. The Hall–Kier alpha value is -1.86. The third kappa shape index (κ3) is 2.41. The third-order valence-electron chi connectivity index (χ3n) is 2.90. The van der Waals surface area contributed by atoms with Gasteiger partial charge in [-0.2, -0.15) is 15.1 Å². The second-order valence-corrected chi connectivity index (χ2v) is 6.11. The van der Waals surface area contributed by atoms with Gasteiger partial charge in [0.1, 0.15) is 5.82 Å². The molecule has 3 heterocycles. The predicted octanol–water partition coefficient (Wildman–Crippen LogP) is 2.75. The number of anilines is 2. The van der Waals surface area contributed by atoms with Gasteiger partial charge in [0.15, 0.2) is 5.65 Å². The van der Waals surface area contributed by atoms with Crippen molar-refractivity contribution in [1.29, 1.82) is 0 Å². The number of H-pyrrole nitrogens is 1. The molecule has 0 unspecified atom stereocenters. The Morgan fingerprint density at radius 2 is 2.25 bits per heavy atom.